The molecule has 0 atom stereocenters. The molecule has 39 heavy (non-hydrogen) atoms. The van der Waals surface area contributed by atoms with Gasteiger partial charge in [0.15, 0.2) is 13.2 Å². The lowest BCUT2D eigenvalue weighted by Gasteiger charge is -2.11. The van der Waals surface area contributed by atoms with Gasteiger partial charge in [-0.1, -0.05) is 47.5 Å². The van der Waals surface area contributed by atoms with Crippen molar-refractivity contribution >= 4 is 46.4 Å². The maximum Gasteiger partial charge on any atom is 0.262 e. The molecular weight excluding hydrogens is 535 g/mol. The normalized spacial score (nSPS) is 10.6. The van der Waals surface area contributed by atoms with Crippen LogP contribution in [0.4, 0.5) is 11.4 Å². The first-order valence-corrected chi connectivity index (χ1v) is 13.1. The van der Waals surface area contributed by atoms with Crippen LogP contribution in [0.2, 0.25) is 10.0 Å². The van der Waals surface area contributed by atoms with Crippen LogP contribution >= 0.6 is 23.2 Å². The number of hydrogen-bond donors (Lipinski definition) is 2. The van der Waals surface area contributed by atoms with Crippen LogP contribution in [0.5, 0.6) is 11.5 Å². The number of ether oxygens (including phenoxy) is 2. The molecule has 0 bridgehead atoms. The Balaban J connectivity index is 1.22. The molecule has 0 saturated heterocycles. The Bertz CT molecular complexity index is 1340. The number of aryl methyl sites for hydroxylation is 2. The fraction of sp³-hybridized carbons (Fsp3) is 0.161. The summed E-state index contributed by atoms with van der Waals surface area (Å²) < 4.78 is 11.2. The predicted molar refractivity (Wildman–Crippen MR) is 156 cm³/mol. The molecule has 0 aliphatic carbocycles. The van der Waals surface area contributed by atoms with Crippen LogP contribution in [0, 0.1) is 13.8 Å². The minimum absolute atomic E-state index is 0.0972. The highest BCUT2D eigenvalue weighted by atomic mass is 35.5. The third kappa shape index (κ3) is 8.50. The number of nitrogens with one attached hydrogen (secondary N) is 2. The van der Waals surface area contributed by atoms with Crippen LogP contribution in [0.15, 0.2) is 84.9 Å². The molecule has 4 aromatic carbocycles. The van der Waals surface area contributed by atoms with Gasteiger partial charge in [0.1, 0.15) is 11.5 Å². The molecule has 0 radical (unpaired) electrons. The second kappa shape index (κ2) is 13.2. The molecule has 4 aromatic rings. The highest BCUT2D eigenvalue weighted by Gasteiger charge is 2.08. The summed E-state index contributed by atoms with van der Waals surface area (Å²) in [5.41, 5.74) is 5.29. The lowest BCUT2D eigenvalue weighted by molar-refractivity contribution is -0.118. The Kier molecular flexibility index (Phi) is 9.47. The molecule has 6 nitrogen and oxygen atoms in total. The standard InChI is InChI=1S/C31H28Cl2N2O4/c1-20-15-24(32)7-13-28(20)38-18-30(36)34-26-9-3-22(4-10-26)17-23-5-11-27(12-6-23)35-31(37)19-39-29-14-8-25(33)16-21(29)2/h3-16H,17-19H2,1-2H3,(H,34,36)(H,35,37). The maximum absolute atomic E-state index is 12.3. The first-order chi connectivity index (χ1) is 18.7. The Morgan fingerprint density at radius 2 is 1.00 bits per heavy atom. The average molecular weight is 563 g/mol. The molecule has 200 valence electrons. The number of amides is 2. The van der Waals surface area contributed by atoms with Crippen molar-refractivity contribution in [2.24, 2.45) is 0 Å². The number of hydrogen-bond acceptors (Lipinski definition) is 4. The zero-order valence-corrected chi connectivity index (χ0v) is 23.1. The van der Waals surface area contributed by atoms with Crippen molar-refractivity contribution in [2.75, 3.05) is 23.8 Å². The van der Waals surface area contributed by atoms with Gasteiger partial charge >= 0.3 is 0 Å². The molecule has 0 saturated carbocycles. The number of halogens is 2. The van der Waals surface area contributed by atoms with Gasteiger partial charge in [0.25, 0.3) is 11.8 Å². The van der Waals surface area contributed by atoms with Crippen molar-refractivity contribution < 1.29 is 19.1 Å². The summed E-state index contributed by atoms with van der Waals surface area (Å²) in [7, 11) is 0. The number of anilines is 2. The van der Waals surface area contributed by atoms with Crippen LogP contribution in [0.1, 0.15) is 22.3 Å². The van der Waals surface area contributed by atoms with E-state index in [9.17, 15) is 9.59 Å². The molecular formula is C31H28Cl2N2O4. The van der Waals surface area contributed by atoms with E-state index in [0.717, 1.165) is 22.3 Å². The van der Waals surface area contributed by atoms with E-state index in [2.05, 4.69) is 10.6 Å². The lowest BCUT2D eigenvalue weighted by Crippen LogP contribution is -2.20. The topological polar surface area (TPSA) is 76.7 Å². The van der Waals surface area contributed by atoms with Crippen molar-refractivity contribution in [1.82, 2.24) is 0 Å². The number of rotatable bonds is 10. The van der Waals surface area contributed by atoms with Crippen LogP contribution in [0.3, 0.4) is 0 Å². The molecule has 2 N–H and O–H groups in total. The van der Waals surface area contributed by atoms with E-state index in [1.807, 2.05) is 62.4 Å². The fourth-order valence-corrected chi connectivity index (χ4v) is 4.33. The summed E-state index contributed by atoms with van der Waals surface area (Å²) in [4.78, 5) is 24.6. The van der Waals surface area contributed by atoms with E-state index in [1.165, 1.54) is 0 Å². The van der Waals surface area contributed by atoms with Crippen molar-refractivity contribution in [3.63, 3.8) is 0 Å². The molecule has 4 rings (SSSR count). The van der Waals surface area contributed by atoms with Crippen molar-refractivity contribution in [1.29, 1.82) is 0 Å². The molecule has 0 unspecified atom stereocenters. The molecule has 0 aliphatic heterocycles. The molecule has 8 heteroatoms. The molecule has 0 spiro atoms. The van der Waals surface area contributed by atoms with E-state index in [1.54, 1.807) is 36.4 Å². The highest BCUT2D eigenvalue weighted by Crippen LogP contribution is 2.23. The van der Waals surface area contributed by atoms with Gasteiger partial charge in [-0.2, -0.15) is 0 Å². The van der Waals surface area contributed by atoms with Crippen LogP contribution in [-0.4, -0.2) is 25.0 Å². The Labute approximate surface area is 237 Å². The summed E-state index contributed by atoms with van der Waals surface area (Å²) in [6.45, 7) is 3.56. The van der Waals surface area contributed by atoms with Crippen molar-refractivity contribution in [3.05, 3.63) is 117 Å². The monoisotopic (exact) mass is 562 g/mol. The second-order valence-corrected chi connectivity index (χ2v) is 9.94. The van der Waals surface area contributed by atoms with E-state index in [4.69, 9.17) is 32.7 Å². The van der Waals surface area contributed by atoms with Crippen LogP contribution < -0.4 is 20.1 Å². The number of carbonyl (C=O) groups is 2. The largest absolute Gasteiger partial charge is 0.483 e. The van der Waals surface area contributed by atoms with Gasteiger partial charge in [-0.25, -0.2) is 0 Å². The Morgan fingerprint density at radius 1 is 0.615 bits per heavy atom. The quantitative estimate of drug-likeness (QED) is 0.213. The smallest absolute Gasteiger partial charge is 0.262 e. The minimum atomic E-state index is -0.247. The molecule has 0 aliphatic rings. The first-order valence-electron chi connectivity index (χ1n) is 12.3. The Hall–Kier alpha value is -4.00. The first kappa shape index (κ1) is 28.0. The van der Waals surface area contributed by atoms with E-state index < -0.39 is 0 Å². The van der Waals surface area contributed by atoms with Gasteiger partial charge < -0.3 is 20.1 Å². The zero-order valence-electron chi connectivity index (χ0n) is 21.6. The van der Waals surface area contributed by atoms with E-state index in [0.29, 0.717) is 39.3 Å². The third-order valence-corrected chi connectivity index (χ3v) is 6.35. The second-order valence-electron chi connectivity index (χ2n) is 9.06. The lowest BCUT2D eigenvalue weighted by atomic mass is 10.0. The van der Waals surface area contributed by atoms with Gasteiger partial charge in [-0.3, -0.25) is 9.59 Å². The van der Waals surface area contributed by atoms with Gasteiger partial charge in [0.2, 0.25) is 0 Å². The fourth-order valence-electron chi connectivity index (χ4n) is 3.88. The van der Waals surface area contributed by atoms with E-state index >= 15 is 0 Å². The SMILES string of the molecule is Cc1cc(Cl)ccc1OCC(=O)Nc1ccc(Cc2ccc(NC(=O)COc3ccc(Cl)cc3C)cc2)cc1. The summed E-state index contributed by atoms with van der Waals surface area (Å²) >= 11 is 11.9. The predicted octanol–water partition coefficient (Wildman–Crippen LogP) is 7.24. The molecule has 2 amide bonds. The van der Waals surface area contributed by atoms with Crippen LogP contribution in [-0.2, 0) is 16.0 Å². The highest BCUT2D eigenvalue weighted by molar-refractivity contribution is 6.31. The average Bonchev–Trinajstić information content (AvgIpc) is 2.90. The molecule has 0 aromatic heterocycles. The summed E-state index contributed by atoms with van der Waals surface area (Å²) in [6, 6.07) is 25.8. The zero-order chi connectivity index (χ0) is 27.8. The van der Waals surface area contributed by atoms with Crippen molar-refractivity contribution in [3.8, 4) is 11.5 Å². The summed E-state index contributed by atoms with van der Waals surface area (Å²) in [5, 5.41) is 6.93. The van der Waals surface area contributed by atoms with Gasteiger partial charge in [0, 0.05) is 21.4 Å². The van der Waals surface area contributed by atoms with E-state index in [-0.39, 0.29) is 25.0 Å². The summed E-state index contributed by atoms with van der Waals surface area (Å²) in [6.07, 6.45) is 0.709. The third-order valence-electron chi connectivity index (χ3n) is 5.88. The number of carbonyl (C=O) groups excluding carboxylic acids is 2. The van der Waals surface area contributed by atoms with Gasteiger partial charge in [-0.05, 0) is 103 Å². The Morgan fingerprint density at radius 3 is 1.36 bits per heavy atom. The van der Waals surface area contributed by atoms with Crippen molar-refractivity contribution in [2.45, 2.75) is 20.3 Å². The number of benzene rings is 4. The molecule has 0 heterocycles. The van der Waals surface area contributed by atoms with Gasteiger partial charge in [0.05, 0.1) is 0 Å². The minimum Gasteiger partial charge on any atom is -0.483 e. The summed E-state index contributed by atoms with van der Waals surface area (Å²) in [5.74, 6) is 0.751. The van der Waals surface area contributed by atoms with Gasteiger partial charge in [-0.15, -0.1) is 0 Å². The molecule has 0 fully saturated rings. The maximum atomic E-state index is 12.3. The van der Waals surface area contributed by atoms with Crippen LogP contribution in [0.25, 0.3) is 0 Å².